The summed E-state index contributed by atoms with van der Waals surface area (Å²) in [6.07, 6.45) is 1.66. The number of nitrogens with two attached hydrogens (primary N) is 1. The van der Waals surface area contributed by atoms with Crippen molar-refractivity contribution < 1.29 is 9.53 Å². The number of carbonyl (C=O) groups is 1. The number of nitrogens with one attached hydrogen (secondary N) is 1. The van der Waals surface area contributed by atoms with Crippen molar-refractivity contribution in [1.82, 2.24) is 9.97 Å². The summed E-state index contributed by atoms with van der Waals surface area (Å²) in [6, 6.07) is 9.16. The van der Waals surface area contributed by atoms with E-state index in [-0.39, 0.29) is 0 Å². The molecule has 0 spiro atoms. The molecule has 21 heavy (non-hydrogen) atoms. The van der Waals surface area contributed by atoms with Gasteiger partial charge in [-0.1, -0.05) is 15.9 Å². The van der Waals surface area contributed by atoms with E-state index in [0.717, 1.165) is 21.1 Å². The van der Waals surface area contributed by atoms with E-state index in [1.165, 1.54) is 0 Å². The molecule has 0 saturated carbocycles. The van der Waals surface area contributed by atoms with Crippen molar-refractivity contribution in [1.29, 1.82) is 0 Å². The number of pyridine rings is 1. The van der Waals surface area contributed by atoms with E-state index in [4.69, 9.17) is 10.5 Å². The zero-order valence-electron chi connectivity index (χ0n) is 11.2. The SMILES string of the molecule is COc1ncccc1-c1cc2c(Br)ccc(C(N)=O)c2[nH]1. The summed E-state index contributed by atoms with van der Waals surface area (Å²) in [7, 11) is 1.57. The van der Waals surface area contributed by atoms with Gasteiger partial charge >= 0.3 is 0 Å². The Bertz CT molecular complexity index is 842. The molecule has 2 aromatic heterocycles. The van der Waals surface area contributed by atoms with Crippen molar-refractivity contribution in [3.05, 3.63) is 46.6 Å². The van der Waals surface area contributed by atoms with Crippen LogP contribution in [0.1, 0.15) is 10.4 Å². The maximum absolute atomic E-state index is 11.5. The predicted octanol–water partition coefficient (Wildman–Crippen LogP) is 3.10. The van der Waals surface area contributed by atoms with Crippen LogP contribution in [0.5, 0.6) is 5.88 Å². The predicted molar refractivity (Wildman–Crippen MR) is 84.3 cm³/mol. The second-order valence-corrected chi connectivity index (χ2v) is 5.35. The molecule has 0 fully saturated rings. The van der Waals surface area contributed by atoms with Gasteiger partial charge in [-0.3, -0.25) is 4.79 Å². The lowest BCUT2D eigenvalue weighted by atomic mass is 10.1. The van der Waals surface area contributed by atoms with E-state index in [0.29, 0.717) is 17.0 Å². The van der Waals surface area contributed by atoms with Crippen molar-refractivity contribution in [2.24, 2.45) is 5.73 Å². The van der Waals surface area contributed by atoms with E-state index in [2.05, 4.69) is 25.9 Å². The van der Waals surface area contributed by atoms with E-state index >= 15 is 0 Å². The molecule has 0 bridgehead atoms. The van der Waals surface area contributed by atoms with E-state index in [1.54, 1.807) is 25.4 Å². The lowest BCUT2D eigenvalue weighted by Gasteiger charge is -2.04. The summed E-state index contributed by atoms with van der Waals surface area (Å²) in [5, 5.41) is 0.882. The molecular weight excluding hydrogens is 334 g/mol. The van der Waals surface area contributed by atoms with Crippen molar-refractivity contribution in [2.45, 2.75) is 0 Å². The first-order valence-corrected chi connectivity index (χ1v) is 7.01. The molecule has 0 aliphatic carbocycles. The highest BCUT2D eigenvalue weighted by Gasteiger charge is 2.15. The summed E-state index contributed by atoms with van der Waals surface area (Å²) in [5.41, 5.74) is 8.19. The monoisotopic (exact) mass is 345 g/mol. The fraction of sp³-hybridized carbons (Fsp3) is 0.0667. The first kappa shape index (κ1) is 13.6. The molecule has 0 saturated heterocycles. The number of ether oxygens (including phenoxy) is 1. The van der Waals surface area contributed by atoms with Gasteiger partial charge in [0.25, 0.3) is 5.91 Å². The third-order valence-electron chi connectivity index (χ3n) is 3.26. The minimum atomic E-state index is -0.473. The number of aromatic nitrogens is 2. The topological polar surface area (TPSA) is 81.0 Å². The number of rotatable bonds is 3. The summed E-state index contributed by atoms with van der Waals surface area (Å²) in [4.78, 5) is 18.9. The third-order valence-corrected chi connectivity index (χ3v) is 3.95. The summed E-state index contributed by atoms with van der Waals surface area (Å²) < 4.78 is 6.15. The maximum Gasteiger partial charge on any atom is 0.250 e. The first-order valence-electron chi connectivity index (χ1n) is 6.22. The number of amides is 1. The lowest BCUT2D eigenvalue weighted by Crippen LogP contribution is -2.11. The number of primary amides is 1. The van der Waals surface area contributed by atoms with E-state index < -0.39 is 5.91 Å². The summed E-state index contributed by atoms with van der Waals surface area (Å²) in [5.74, 6) is 0.0415. The Kier molecular flexibility index (Phi) is 3.39. The van der Waals surface area contributed by atoms with Crippen LogP contribution in [0.2, 0.25) is 0 Å². The highest BCUT2D eigenvalue weighted by Crippen LogP contribution is 2.34. The van der Waals surface area contributed by atoms with Gasteiger partial charge in [-0.25, -0.2) is 4.98 Å². The van der Waals surface area contributed by atoms with Crippen LogP contribution < -0.4 is 10.5 Å². The van der Waals surface area contributed by atoms with Gasteiger partial charge in [0.2, 0.25) is 5.88 Å². The van der Waals surface area contributed by atoms with Gasteiger partial charge in [-0.15, -0.1) is 0 Å². The van der Waals surface area contributed by atoms with Crippen LogP contribution in [0.3, 0.4) is 0 Å². The lowest BCUT2D eigenvalue weighted by molar-refractivity contribution is 0.100. The highest BCUT2D eigenvalue weighted by molar-refractivity contribution is 9.10. The molecule has 3 rings (SSSR count). The zero-order chi connectivity index (χ0) is 15.0. The van der Waals surface area contributed by atoms with Gasteiger partial charge < -0.3 is 15.5 Å². The van der Waals surface area contributed by atoms with Crippen LogP contribution in [0, 0.1) is 0 Å². The molecule has 5 nitrogen and oxygen atoms in total. The van der Waals surface area contributed by atoms with Crippen molar-refractivity contribution in [3.8, 4) is 17.1 Å². The van der Waals surface area contributed by atoms with Gasteiger partial charge in [0.05, 0.1) is 29.4 Å². The zero-order valence-corrected chi connectivity index (χ0v) is 12.8. The molecule has 106 valence electrons. The minimum Gasteiger partial charge on any atom is -0.481 e. The van der Waals surface area contributed by atoms with Crippen molar-refractivity contribution in [2.75, 3.05) is 7.11 Å². The van der Waals surface area contributed by atoms with Crippen LogP contribution in [-0.4, -0.2) is 23.0 Å². The quantitative estimate of drug-likeness (QED) is 0.765. The number of H-pyrrole nitrogens is 1. The number of hydrogen-bond acceptors (Lipinski definition) is 3. The van der Waals surface area contributed by atoms with Crippen LogP contribution in [0.4, 0.5) is 0 Å². The van der Waals surface area contributed by atoms with Crippen LogP contribution in [0.15, 0.2) is 41.0 Å². The van der Waals surface area contributed by atoms with Crippen molar-refractivity contribution in [3.63, 3.8) is 0 Å². The number of nitrogens with zero attached hydrogens (tertiary/aromatic N) is 1. The van der Waals surface area contributed by atoms with Gasteiger partial charge in [0.15, 0.2) is 0 Å². The first-order chi connectivity index (χ1) is 10.1. The number of halogens is 1. The Hall–Kier alpha value is -2.34. The number of fused-ring (bicyclic) bond motifs is 1. The van der Waals surface area contributed by atoms with Gasteiger partial charge in [0.1, 0.15) is 0 Å². The maximum atomic E-state index is 11.5. The third kappa shape index (κ3) is 2.27. The molecule has 0 unspecified atom stereocenters. The van der Waals surface area contributed by atoms with Gasteiger partial charge in [0, 0.05) is 16.1 Å². The van der Waals surface area contributed by atoms with Gasteiger partial charge in [-0.05, 0) is 30.3 Å². The molecule has 3 N–H and O–H groups in total. The molecular formula is C15H12BrN3O2. The average molecular weight is 346 g/mol. The average Bonchev–Trinajstić information content (AvgIpc) is 2.93. The number of carbonyl (C=O) groups excluding carboxylic acids is 1. The fourth-order valence-electron chi connectivity index (χ4n) is 2.29. The van der Waals surface area contributed by atoms with E-state index in [9.17, 15) is 4.79 Å². The Morgan fingerprint density at radius 3 is 2.90 bits per heavy atom. The molecule has 2 heterocycles. The molecule has 0 radical (unpaired) electrons. The summed E-state index contributed by atoms with van der Waals surface area (Å²) >= 11 is 3.48. The Morgan fingerprint density at radius 2 is 2.19 bits per heavy atom. The second kappa shape index (κ2) is 5.21. The highest BCUT2D eigenvalue weighted by atomic mass is 79.9. The van der Waals surface area contributed by atoms with Crippen LogP contribution >= 0.6 is 15.9 Å². The molecule has 0 atom stereocenters. The van der Waals surface area contributed by atoms with Gasteiger partial charge in [-0.2, -0.15) is 0 Å². The van der Waals surface area contributed by atoms with E-state index in [1.807, 2.05) is 18.2 Å². The smallest absolute Gasteiger partial charge is 0.250 e. The molecule has 3 aromatic rings. The molecule has 6 heteroatoms. The fourth-order valence-corrected chi connectivity index (χ4v) is 2.74. The van der Waals surface area contributed by atoms with Crippen LogP contribution in [-0.2, 0) is 0 Å². The van der Waals surface area contributed by atoms with Crippen LogP contribution in [0.25, 0.3) is 22.2 Å². The number of methoxy groups -OCH3 is 1. The van der Waals surface area contributed by atoms with Crippen molar-refractivity contribution >= 4 is 32.7 Å². The number of hydrogen-bond donors (Lipinski definition) is 2. The standard InChI is InChI=1S/C15H12BrN3O2/c1-21-15-8(3-2-6-18-15)12-7-10-11(16)5-4-9(14(17)20)13(10)19-12/h2-7,19H,1H3,(H2,17,20). The Morgan fingerprint density at radius 1 is 1.38 bits per heavy atom. The summed E-state index contributed by atoms with van der Waals surface area (Å²) in [6.45, 7) is 0. The molecule has 0 aliphatic rings. The normalized spacial score (nSPS) is 10.8. The molecule has 1 aromatic carbocycles. The Labute approximate surface area is 129 Å². The molecule has 1 amide bonds. The largest absolute Gasteiger partial charge is 0.481 e. The second-order valence-electron chi connectivity index (χ2n) is 4.49. The minimum absolute atomic E-state index is 0.447. The number of benzene rings is 1. The molecule has 0 aliphatic heterocycles. The Balaban J connectivity index is 2.28. The number of aromatic amines is 1.